The number of methoxy groups -OCH3 is 1. The molecule has 47 heavy (non-hydrogen) atoms. The number of carbonyl (C=O) groups is 3. The first-order chi connectivity index (χ1) is 22.8. The summed E-state index contributed by atoms with van der Waals surface area (Å²) in [5.41, 5.74) is 5.50. The maximum Gasteiger partial charge on any atom is 0.338 e. The Morgan fingerprint density at radius 2 is 1.77 bits per heavy atom. The van der Waals surface area contributed by atoms with Gasteiger partial charge in [0.2, 0.25) is 0 Å². The zero-order valence-electron chi connectivity index (χ0n) is 26.0. The Bertz CT molecular complexity index is 1870. The quantitative estimate of drug-likeness (QED) is 0.0950. The van der Waals surface area contributed by atoms with Crippen molar-refractivity contribution in [3.8, 4) is 17.2 Å². The second-order valence-electron chi connectivity index (χ2n) is 10.4. The number of hydrogen-bond donors (Lipinski definition) is 3. The summed E-state index contributed by atoms with van der Waals surface area (Å²) in [4.78, 5) is 37.3. The summed E-state index contributed by atoms with van der Waals surface area (Å²) in [5.74, 6) is 0.234. The van der Waals surface area contributed by atoms with Crippen LogP contribution in [-0.2, 0) is 20.9 Å². The van der Waals surface area contributed by atoms with Gasteiger partial charge in [0, 0.05) is 5.70 Å². The molecular formula is C35H33BrN4O7. The summed E-state index contributed by atoms with van der Waals surface area (Å²) in [6.45, 7) is 3.59. The number of benzene rings is 4. The smallest absolute Gasteiger partial charge is 0.338 e. The third kappa shape index (κ3) is 8.08. The SMILES string of the molecule is CCOC(=O)C1=C(C)NC(=O)N[C@H]1c1ccc(OCC(=O)N/N=C\c2ccc(OCc3cccc4ccccc34)c(Br)c2)c(OC)c1. The third-order valence-electron chi connectivity index (χ3n) is 7.27. The number of hydrazone groups is 1. The second-order valence-corrected chi connectivity index (χ2v) is 11.3. The molecule has 3 amide bonds. The predicted molar refractivity (Wildman–Crippen MR) is 180 cm³/mol. The van der Waals surface area contributed by atoms with Crippen molar-refractivity contribution in [3.63, 3.8) is 0 Å². The first-order valence-corrected chi connectivity index (χ1v) is 15.5. The number of halogens is 1. The summed E-state index contributed by atoms with van der Waals surface area (Å²) in [7, 11) is 1.45. The second kappa shape index (κ2) is 15.3. The first-order valence-electron chi connectivity index (χ1n) is 14.7. The number of hydrogen-bond acceptors (Lipinski definition) is 8. The van der Waals surface area contributed by atoms with Gasteiger partial charge in [-0.3, -0.25) is 4.79 Å². The molecule has 1 atom stereocenters. The highest BCUT2D eigenvalue weighted by Gasteiger charge is 2.32. The minimum atomic E-state index is -0.770. The lowest BCUT2D eigenvalue weighted by Gasteiger charge is -2.28. The molecule has 11 nitrogen and oxygen atoms in total. The highest BCUT2D eigenvalue weighted by molar-refractivity contribution is 9.10. The number of allylic oxidation sites excluding steroid dienone is 1. The van der Waals surface area contributed by atoms with Crippen molar-refractivity contribution in [1.29, 1.82) is 0 Å². The van der Waals surface area contributed by atoms with Crippen LogP contribution in [-0.4, -0.2) is 44.4 Å². The van der Waals surface area contributed by atoms with Gasteiger partial charge >= 0.3 is 12.0 Å². The van der Waals surface area contributed by atoms with E-state index in [4.69, 9.17) is 18.9 Å². The highest BCUT2D eigenvalue weighted by Crippen LogP contribution is 2.35. The monoisotopic (exact) mass is 700 g/mol. The normalized spacial score (nSPS) is 14.4. The number of esters is 1. The van der Waals surface area contributed by atoms with Crippen molar-refractivity contribution >= 4 is 50.8 Å². The van der Waals surface area contributed by atoms with Gasteiger partial charge in [0.1, 0.15) is 12.4 Å². The van der Waals surface area contributed by atoms with Crippen molar-refractivity contribution in [2.24, 2.45) is 5.10 Å². The maximum atomic E-state index is 12.6. The Morgan fingerprint density at radius 1 is 0.979 bits per heavy atom. The largest absolute Gasteiger partial charge is 0.493 e. The van der Waals surface area contributed by atoms with Crippen LogP contribution in [0.1, 0.15) is 36.6 Å². The molecule has 0 radical (unpaired) electrons. The third-order valence-corrected chi connectivity index (χ3v) is 7.89. The molecule has 1 aliphatic rings. The van der Waals surface area contributed by atoms with Crippen molar-refractivity contribution in [2.75, 3.05) is 20.3 Å². The molecular weight excluding hydrogens is 668 g/mol. The van der Waals surface area contributed by atoms with Gasteiger partial charge in [-0.2, -0.15) is 5.10 Å². The number of ether oxygens (including phenoxy) is 4. The highest BCUT2D eigenvalue weighted by atomic mass is 79.9. The number of fused-ring (bicyclic) bond motifs is 1. The Balaban J connectivity index is 1.16. The Labute approximate surface area is 280 Å². The summed E-state index contributed by atoms with van der Waals surface area (Å²) in [5, 5.41) is 11.7. The number of rotatable bonds is 12. The molecule has 5 rings (SSSR count). The minimum Gasteiger partial charge on any atom is -0.493 e. The molecule has 0 unspecified atom stereocenters. The summed E-state index contributed by atoms with van der Waals surface area (Å²) < 4.78 is 23.1. The van der Waals surface area contributed by atoms with E-state index in [-0.39, 0.29) is 24.5 Å². The van der Waals surface area contributed by atoms with E-state index in [1.165, 1.54) is 13.3 Å². The summed E-state index contributed by atoms with van der Waals surface area (Å²) in [6.07, 6.45) is 1.51. The van der Waals surface area contributed by atoms with E-state index in [0.717, 1.165) is 26.4 Å². The predicted octanol–water partition coefficient (Wildman–Crippen LogP) is 5.91. The molecule has 0 fully saturated rings. The van der Waals surface area contributed by atoms with Crippen LogP contribution in [0.15, 0.2) is 99.7 Å². The molecule has 1 aliphatic heterocycles. The molecule has 4 aromatic carbocycles. The van der Waals surface area contributed by atoms with Crippen LogP contribution >= 0.6 is 15.9 Å². The van der Waals surface area contributed by atoms with Crippen LogP contribution in [0.3, 0.4) is 0 Å². The fourth-order valence-electron chi connectivity index (χ4n) is 5.05. The van der Waals surface area contributed by atoms with Gasteiger partial charge in [-0.25, -0.2) is 15.0 Å². The summed E-state index contributed by atoms with van der Waals surface area (Å²) in [6, 6.07) is 23.5. The van der Waals surface area contributed by atoms with Crippen LogP contribution in [0.2, 0.25) is 0 Å². The molecule has 0 aliphatic carbocycles. The van der Waals surface area contributed by atoms with Crippen LogP contribution in [0, 0.1) is 0 Å². The average molecular weight is 702 g/mol. The molecule has 0 spiro atoms. The molecule has 0 saturated heterocycles. The molecule has 4 aromatic rings. The number of amides is 3. The van der Waals surface area contributed by atoms with Gasteiger partial charge in [0.25, 0.3) is 5.91 Å². The van der Waals surface area contributed by atoms with E-state index in [0.29, 0.717) is 29.4 Å². The molecule has 0 aromatic heterocycles. The number of carbonyl (C=O) groups excluding carboxylic acids is 3. The lowest BCUT2D eigenvalue weighted by atomic mass is 9.95. The molecule has 242 valence electrons. The fourth-order valence-corrected chi connectivity index (χ4v) is 5.56. The fraction of sp³-hybridized carbons (Fsp3) is 0.200. The maximum absolute atomic E-state index is 12.6. The van der Waals surface area contributed by atoms with Crippen molar-refractivity contribution in [3.05, 3.63) is 111 Å². The lowest BCUT2D eigenvalue weighted by Crippen LogP contribution is -2.45. The standard InChI is InChI=1S/C35H33BrN4O7/c1-4-45-34(42)32-21(2)38-35(43)39-33(32)24-13-15-29(30(17-24)44-3)47-20-31(41)40-37-18-22-12-14-28(27(36)16-22)46-19-25-10-7-9-23-8-5-6-11-26(23)25/h5-18,33H,4,19-20H2,1-3H3,(H,40,41)(H2,38,39,43)/b37-18-/t33-/m0/s1. The van der Waals surface area contributed by atoms with E-state index < -0.39 is 23.9 Å². The topological polar surface area (TPSA) is 137 Å². The van der Waals surface area contributed by atoms with E-state index in [1.54, 1.807) is 32.0 Å². The molecule has 0 saturated carbocycles. The van der Waals surface area contributed by atoms with Crippen LogP contribution in [0.5, 0.6) is 17.2 Å². The van der Waals surface area contributed by atoms with Gasteiger partial charge in [0.05, 0.1) is 36.0 Å². The van der Waals surface area contributed by atoms with Crippen molar-refractivity contribution < 1.29 is 33.3 Å². The van der Waals surface area contributed by atoms with E-state index in [9.17, 15) is 14.4 Å². The average Bonchev–Trinajstić information content (AvgIpc) is 3.06. The first kappa shape index (κ1) is 33.0. The Hall–Kier alpha value is -5.36. The van der Waals surface area contributed by atoms with Crippen LogP contribution < -0.4 is 30.3 Å². The Kier molecular flexibility index (Phi) is 10.7. The van der Waals surface area contributed by atoms with Crippen LogP contribution in [0.4, 0.5) is 4.79 Å². The zero-order valence-corrected chi connectivity index (χ0v) is 27.6. The van der Waals surface area contributed by atoms with Crippen molar-refractivity contribution in [1.82, 2.24) is 16.1 Å². The van der Waals surface area contributed by atoms with E-state index >= 15 is 0 Å². The van der Waals surface area contributed by atoms with Gasteiger partial charge in [0.15, 0.2) is 18.1 Å². The number of urea groups is 1. The van der Waals surface area contributed by atoms with E-state index in [1.807, 2.05) is 42.5 Å². The number of nitrogens with one attached hydrogen (secondary N) is 3. The van der Waals surface area contributed by atoms with Gasteiger partial charge in [-0.15, -0.1) is 0 Å². The summed E-state index contributed by atoms with van der Waals surface area (Å²) >= 11 is 3.55. The molecule has 0 bridgehead atoms. The van der Waals surface area contributed by atoms with Gasteiger partial charge in [-0.05, 0) is 87.6 Å². The van der Waals surface area contributed by atoms with Crippen LogP contribution in [0.25, 0.3) is 10.8 Å². The molecule has 1 heterocycles. The van der Waals surface area contributed by atoms with Crippen molar-refractivity contribution in [2.45, 2.75) is 26.5 Å². The van der Waals surface area contributed by atoms with Gasteiger partial charge < -0.3 is 29.6 Å². The van der Waals surface area contributed by atoms with E-state index in [2.05, 4.69) is 55.3 Å². The number of nitrogens with zero attached hydrogens (tertiary/aromatic N) is 1. The molecule has 3 N–H and O–H groups in total. The minimum absolute atomic E-state index is 0.185. The Morgan fingerprint density at radius 3 is 2.55 bits per heavy atom. The zero-order chi connectivity index (χ0) is 33.3. The molecule has 12 heteroatoms. The van der Waals surface area contributed by atoms with Gasteiger partial charge in [-0.1, -0.05) is 48.5 Å². The lowest BCUT2D eigenvalue weighted by molar-refractivity contribution is -0.139.